The summed E-state index contributed by atoms with van der Waals surface area (Å²) in [6.45, 7) is 2.49. The van der Waals surface area contributed by atoms with Gasteiger partial charge in [-0.15, -0.1) is 0 Å². The fourth-order valence-corrected chi connectivity index (χ4v) is 3.61. The minimum atomic E-state index is -3.95. The van der Waals surface area contributed by atoms with Gasteiger partial charge in [-0.25, -0.2) is 12.8 Å². The molecule has 0 spiro atoms. The average Bonchev–Trinajstić information content (AvgIpc) is 2.62. The van der Waals surface area contributed by atoms with Gasteiger partial charge in [0.15, 0.2) is 0 Å². The van der Waals surface area contributed by atoms with E-state index >= 15 is 0 Å². The minimum Gasteiger partial charge on any atom is -0.355 e. The maximum atomic E-state index is 13.0. The van der Waals surface area contributed by atoms with Crippen LogP contribution in [-0.4, -0.2) is 26.9 Å². The number of hydrogen-bond donors (Lipinski definition) is 2. The highest BCUT2D eigenvalue weighted by Crippen LogP contribution is 2.12. The van der Waals surface area contributed by atoms with Gasteiger partial charge in [-0.1, -0.05) is 43.7 Å². The zero-order chi connectivity index (χ0) is 19.0. The van der Waals surface area contributed by atoms with Gasteiger partial charge in [0, 0.05) is 6.54 Å². The predicted molar refractivity (Wildman–Crippen MR) is 98.6 cm³/mol. The third-order valence-corrected chi connectivity index (χ3v) is 5.34. The Morgan fingerprint density at radius 3 is 2.35 bits per heavy atom. The lowest BCUT2D eigenvalue weighted by atomic mass is 10.1. The number of nitrogens with one attached hydrogen (secondary N) is 2. The largest absolute Gasteiger partial charge is 0.355 e. The Balaban J connectivity index is 2.19. The number of benzene rings is 2. The molecule has 0 aliphatic rings. The molecule has 26 heavy (non-hydrogen) atoms. The van der Waals surface area contributed by atoms with Crippen LogP contribution >= 0.6 is 0 Å². The highest BCUT2D eigenvalue weighted by atomic mass is 32.2. The van der Waals surface area contributed by atoms with Gasteiger partial charge in [0.1, 0.15) is 11.9 Å². The summed E-state index contributed by atoms with van der Waals surface area (Å²) in [4.78, 5) is 12.4. The van der Waals surface area contributed by atoms with E-state index in [4.69, 9.17) is 0 Å². The number of unbranched alkanes of at least 4 members (excludes halogenated alkanes) is 1. The SMILES string of the molecule is CCCCNC(=O)C(Cc1ccccc1)NS(=O)(=O)c1ccc(F)cc1. The molecule has 0 heterocycles. The molecule has 140 valence electrons. The Morgan fingerprint density at radius 1 is 1.08 bits per heavy atom. The molecule has 2 aromatic carbocycles. The molecular weight excluding hydrogens is 355 g/mol. The van der Waals surface area contributed by atoms with E-state index in [-0.39, 0.29) is 17.2 Å². The minimum absolute atomic E-state index is 0.0849. The number of carbonyl (C=O) groups excluding carboxylic acids is 1. The molecule has 0 aromatic heterocycles. The van der Waals surface area contributed by atoms with Crippen molar-refractivity contribution in [2.45, 2.75) is 37.1 Å². The van der Waals surface area contributed by atoms with E-state index in [1.54, 1.807) is 0 Å². The van der Waals surface area contributed by atoms with Crippen LogP contribution in [0.15, 0.2) is 59.5 Å². The summed E-state index contributed by atoms with van der Waals surface area (Å²) in [5, 5.41) is 2.76. The van der Waals surface area contributed by atoms with Crippen molar-refractivity contribution >= 4 is 15.9 Å². The second-order valence-electron chi connectivity index (χ2n) is 5.96. The zero-order valence-corrected chi connectivity index (χ0v) is 15.4. The van der Waals surface area contributed by atoms with E-state index in [1.807, 2.05) is 37.3 Å². The van der Waals surface area contributed by atoms with Crippen molar-refractivity contribution in [2.24, 2.45) is 0 Å². The molecule has 1 atom stereocenters. The highest BCUT2D eigenvalue weighted by molar-refractivity contribution is 7.89. The Morgan fingerprint density at radius 2 is 1.73 bits per heavy atom. The monoisotopic (exact) mass is 378 g/mol. The molecule has 0 radical (unpaired) electrons. The van der Waals surface area contributed by atoms with Crippen molar-refractivity contribution < 1.29 is 17.6 Å². The smallest absolute Gasteiger partial charge is 0.241 e. The van der Waals surface area contributed by atoms with Crippen LogP contribution in [0.1, 0.15) is 25.3 Å². The Labute approximate surface area is 153 Å². The topological polar surface area (TPSA) is 75.3 Å². The molecule has 2 N–H and O–H groups in total. The fourth-order valence-electron chi connectivity index (χ4n) is 2.42. The van der Waals surface area contributed by atoms with Crippen LogP contribution in [0, 0.1) is 5.82 Å². The van der Waals surface area contributed by atoms with E-state index in [0.717, 1.165) is 30.5 Å². The van der Waals surface area contributed by atoms with Gasteiger partial charge < -0.3 is 5.32 Å². The molecule has 2 rings (SSSR count). The van der Waals surface area contributed by atoms with Crippen molar-refractivity contribution in [3.05, 3.63) is 66.0 Å². The van der Waals surface area contributed by atoms with Gasteiger partial charge in [-0.2, -0.15) is 4.72 Å². The van der Waals surface area contributed by atoms with Crippen LogP contribution in [0.4, 0.5) is 4.39 Å². The summed E-state index contributed by atoms with van der Waals surface area (Å²) in [7, 11) is -3.95. The number of rotatable bonds is 9. The Bertz CT molecular complexity index is 808. The summed E-state index contributed by atoms with van der Waals surface area (Å²) in [6.07, 6.45) is 1.96. The fraction of sp³-hybridized carbons (Fsp3) is 0.316. The molecule has 0 fully saturated rings. The second kappa shape index (κ2) is 9.45. The standard InChI is InChI=1S/C19H23FN2O3S/c1-2-3-13-21-19(23)18(14-15-7-5-4-6-8-15)22-26(24,25)17-11-9-16(20)10-12-17/h4-12,18,22H,2-3,13-14H2,1H3,(H,21,23). The number of carbonyl (C=O) groups is 1. The van der Waals surface area contributed by atoms with E-state index in [1.165, 1.54) is 12.1 Å². The first-order valence-electron chi connectivity index (χ1n) is 8.52. The first-order valence-corrected chi connectivity index (χ1v) is 10.00. The van der Waals surface area contributed by atoms with Crippen molar-refractivity contribution in [3.8, 4) is 0 Å². The molecule has 0 aliphatic heterocycles. The Hall–Kier alpha value is -2.25. The van der Waals surface area contributed by atoms with Gasteiger partial charge in [-0.05, 0) is 42.7 Å². The summed E-state index contributed by atoms with van der Waals surface area (Å²) in [5.74, 6) is -0.907. The van der Waals surface area contributed by atoms with Crippen LogP contribution < -0.4 is 10.0 Å². The first kappa shape index (κ1) is 20.1. The van der Waals surface area contributed by atoms with Crippen LogP contribution in [-0.2, 0) is 21.2 Å². The van der Waals surface area contributed by atoms with E-state index in [9.17, 15) is 17.6 Å². The predicted octanol–water partition coefficient (Wildman–Crippen LogP) is 2.63. The number of hydrogen-bond acceptors (Lipinski definition) is 3. The van der Waals surface area contributed by atoms with Crippen molar-refractivity contribution in [2.75, 3.05) is 6.54 Å². The molecule has 0 saturated carbocycles. The average molecular weight is 378 g/mol. The van der Waals surface area contributed by atoms with E-state index < -0.39 is 21.9 Å². The van der Waals surface area contributed by atoms with Gasteiger partial charge in [0.05, 0.1) is 4.90 Å². The zero-order valence-electron chi connectivity index (χ0n) is 14.6. The lowest BCUT2D eigenvalue weighted by molar-refractivity contribution is -0.122. The number of amides is 1. The summed E-state index contributed by atoms with van der Waals surface area (Å²) in [6, 6.07) is 12.7. The third-order valence-electron chi connectivity index (χ3n) is 3.85. The highest BCUT2D eigenvalue weighted by Gasteiger charge is 2.25. The molecule has 1 unspecified atom stereocenters. The second-order valence-corrected chi connectivity index (χ2v) is 7.68. The van der Waals surface area contributed by atoms with E-state index in [2.05, 4.69) is 10.0 Å². The normalized spacial score (nSPS) is 12.5. The summed E-state index contributed by atoms with van der Waals surface area (Å²) in [5.41, 5.74) is 0.838. The summed E-state index contributed by atoms with van der Waals surface area (Å²) < 4.78 is 40.6. The molecule has 5 nitrogen and oxygen atoms in total. The molecular formula is C19H23FN2O3S. The molecule has 2 aromatic rings. The maximum Gasteiger partial charge on any atom is 0.241 e. The lowest BCUT2D eigenvalue weighted by Crippen LogP contribution is -2.48. The van der Waals surface area contributed by atoms with Crippen LogP contribution in [0.5, 0.6) is 0 Å². The third kappa shape index (κ3) is 5.93. The van der Waals surface area contributed by atoms with Crippen LogP contribution in [0.25, 0.3) is 0 Å². The maximum absolute atomic E-state index is 13.0. The van der Waals surface area contributed by atoms with Gasteiger partial charge in [0.2, 0.25) is 15.9 Å². The number of sulfonamides is 1. The van der Waals surface area contributed by atoms with Gasteiger partial charge in [0.25, 0.3) is 0 Å². The molecule has 0 saturated heterocycles. The molecule has 1 amide bonds. The van der Waals surface area contributed by atoms with Crippen molar-refractivity contribution in [1.82, 2.24) is 10.0 Å². The summed E-state index contributed by atoms with van der Waals surface area (Å²) >= 11 is 0. The number of halogens is 1. The van der Waals surface area contributed by atoms with Crippen molar-refractivity contribution in [3.63, 3.8) is 0 Å². The molecule has 0 bridgehead atoms. The van der Waals surface area contributed by atoms with Crippen LogP contribution in [0.3, 0.4) is 0 Å². The van der Waals surface area contributed by atoms with Crippen LogP contribution in [0.2, 0.25) is 0 Å². The van der Waals surface area contributed by atoms with E-state index in [0.29, 0.717) is 6.54 Å². The molecule has 7 heteroatoms. The quantitative estimate of drug-likeness (QED) is 0.659. The first-order chi connectivity index (χ1) is 12.4. The molecule has 0 aliphatic carbocycles. The van der Waals surface area contributed by atoms with Crippen molar-refractivity contribution in [1.29, 1.82) is 0 Å². The lowest BCUT2D eigenvalue weighted by Gasteiger charge is -2.19. The Kier molecular flexibility index (Phi) is 7.29. The van der Waals surface area contributed by atoms with Gasteiger partial charge >= 0.3 is 0 Å². The van der Waals surface area contributed by atoms with Gasteiger partial charge in [-0.3, -0.25) is 4.79 Å².